The summed E-state index contributed by atoms with van der Waals surface area (Å²) in [5, 5.41) is 3.66. The van der Waals surface area contributed by atoms with Crippen molar-refractivity contribution in [1.82, 2.24) is 0 Å². The van der Waals surface area contributed by atoms with Crippen LogP contribution in [0.15, 0.2) is 23.1 Å². The van der Waals surface area contributed by atoms with Gasteiger partial charge in [0.05, 0.1) is 0 Å². The molecule has 0 aliphatic heterocycles. The highest BCUT2D eigenvalue weighted by molar-refractivity contribution is 7.98. The van der Waals surface area contributed by atoms with Crippen molar-refractivity contribution in [3.63, 3.8) is 0 Å². The first-order valence-electron chi connectivity index (χ1n) is 6.95. The minimum atomic E-state index is 0.487. The minimum Gasteiger partial charge on any atom is -0.389 e. The molecule has 0 saturated heterocycles. The molecule has 3 N–H and O–H groups in total. The lowest BCUT2D eigenvalue weighted by Gasteiger charge is -2.21. The summed E-state index contributed by atoms with van der Waals surface area (Å²) in [5.74, 6) is 0. The second-order valence-electron chi connectivity index (χ2n) is 5.08. The topological polar surface area (TPSA) is 38.0 Å². The van der Waals surface area contributed by atoms with Crippen molar-refractivity contribution in [3.8, 4) is 0 Å². The molecule has 1 aliphatic carbocycles. The van der Waals surface area contributed by atoms with E-state index in [9.17, 15) is 0 Å². The molecule has 1 saturated carbocycles. The minimum absolute atomic E-state index is 0.487. The lowest BCUT2D eigenvalue weighted by Crippen LogP contribution is -2.22. The summed E-state index contributed by atoms with van der Waals surface area (Å²) in [6.07, 6.45) is 9.94. The van der Waals surface area contributed by atoms with Crippen LogP contribution >= 0.6 is 24.0 Å². The molecular formula is C15H22N2S2. The van der Waals surface area contributed by atoms with Gasteiger partial charge in [0, 0.05) is 22.2 Å². The zero-order valence-corrected chi connectivity index (χ0v) is 13.1. The molecule has 1 aromatic carbocycles. The van der Waals surface area contributed by atoms with Gasteiger partial charge < -0.3 is 11.1 Å². The Morgan fingerprint density at radius 1 is 1.26 bits per heavy atom. The van der Waals surface area contributed by atoms with Gasteiger partial charge in [0.25, 0.3) is 0 Å². The van der Waals surface area contributed by atoms with Gasteiger partial charge in [-0.05, 0) is 31.2 Å². The van der Waals surface area contributed by atoms with Gasteiger partial charge in [-0.3, -0.25) is 0 Å². The van der Waals surface area contributed by atoms with Crippen LogP contribution in [0, 0.1) is 0 Å². The van der Waals surface area contributed by atoms with Crippen molar-refractivity contribution >= 4 is 34.7 Å². The van der Waals surface area contributed by atoms with Gasteiger partial charge in [0.15, 0.2) is 0 Å². The molecule has 0 heterocycles. The van der Waals surface area contributed by atoms with Gasteiger partial charge in [-0.2, -0.15) is 0 Å². The van der Waals surface area contributed by atoms with E-state index in [1.54, 1.807) is 11.8 Å². The average molecular weight is 294 g/mol. The molecule has 0 aromatic heterocycles. The Kier molecular flexibility index (Phi) is 5.52. The van der Waals surface area contributed by atoms with Crippen LogP contribution in [0.4, 0.5) is 5.69 Å². The molecule has 0 atom stereocenters. The van der Waals surface area contributed by atoms with Crippen LogP contribution in [0.2, 0.25) is 0 Å². The predicted octanol–water partition coefficient (Wildman–Crippen LogP) is 4.18. The summed E-state index contributed by atoms with van der Waals surface area (Å²) in [7, 11) is 0. The Morgan fingerprint density at radius 2 is 1.95 bits per heavy atom. The van der Waals surface area contributed by atoms with E-state index in [1.165, 1.54) is 38.5 Å². The quantitative estimate of drug-likeness (QED) is 0.496. The van der Waals surface area contributed by atoms with Crippen molar-refractivity contribution in [2.45, 2.75) is 49.5 Å². The number of thiocarbonyl (C=S) groups is 1. The van der Waals surface area contributed by atoms with Crippen LogP contribution < -0.4 is 11.1 Å². The third-order valence-corrected chi connectivity index (χ3v) is 4.69. The van der Waals surface area contributed by atoms with Crippen LogP contribution in [0.5, 0.6) is 0 Å². The maximum Gasteiger partial charge on any atom is 0.107 e. The molecule has 1 aromatic rings. The number of nitrogens with two attached hydrogens (primary N) is 1. The van der Waals surface area contributed by atoms with Gasteiger partial charge in [0.1, 0.15) is 4.99 Å². The van der Waals surface area contributed by atoms with E-state index in [4.69, 9.17) is 18.0 Å². The van der Waals surface area contributed by atoms with E-state index < -0.39 is 0 Å². The molecule has 0 spiro atoms. The van der Waals surface area contributed by atoms with Crippen molar-refractivity contribution in [1.29, 1.82) is 0 Å². The van der Waals surface area contributed by atoms with Crippen molar-refractivity contribution in [2.24, 2.45) is 5.73 Å². The first-order valence-corrected chi connectivity index (χ1v) is 8.59. The maximum atomic E-state index is 5.91. The maximum absolute atomic E-state index is 5.91. The fourth-order valence-corrected chi connectivity index (χ4v) is 3.64. The molecule has 2 rings (SSSR count). The molecule has 0 amide bonds. The molecule has 1 fully saturated rings. The first-order chi connectivity index (χ1) is 9.22. The average Bonchev–Trinajstić information content (AvgIpc) is 2.66. The molecule has 1 aliphatic rings. The van der Waals surface area contributed by atoms with Crippen molar-refractivity contribution in [2.75, 3.05) is 11.6 Å². The van der Waals surface area contributed by atoms with Crippen LogP contribution in [0.1, 0.15) is 44.1 Å². The van der Waals surface area contributed by atoms with E-state index >= 15 is 0 Å². The number of hydrogen-bond donors (Lipinski definition) is 2. The summed E-state index contributed by atoms with van der Waals surface area (Å²) in [6.45, 7) is 0. The number of thioether (sulfide) groups is 1. The summed E-state index contributed by atoms with van der Waals surface area (Å²) in [5.41, 5.74) is 8.02. The monoisotopic (exact) mass is 294 g/mol. The highest BCUT2D eigenvalue weighted by atomic mass is 32.2. The number of rotatable bonds is 4. The smallest absolute Gasteiger partial charge is 0.107 e. The highest BCUT2D eigenvalue weighted by Crippen LogP contribution is 2.29. The lowest BCUT2D eigenvalue weighted by molar-refractivity contribution is 0.620. The molecule has 19 heavy (non-hydrogen) atoms. The second kappa shape index (κ2) is 7.15. The summed E-state index contributed by atoms with van der Waals surface area (Å²) >= 11 is 6.92. The Hall–Kier alpha value is -0.740. The van der Waals surface area contributed by atoms with Crippen LogP contribution in [-0.2, 0) is 0 Å². The lowest BCUT2D eigenvalue weighted by atomic mass is 10.1. The molecule has 4 heteroatoms. The van der Waals surface area contributed by atoms with E-state index in [1.807, 2.05) is 0 Å². The molecule has 0 radical (unpaired) electrons. The SMILES string of the molecule is CSc1cccc(NC2CCCCCC2)c1C(N)=S. The predicted molar refractivity (Wildman–Crippen MR) is 89.2 cm³/mol. The zero-order valence-electron chi connectivity index (χ0n) is 11.4. The second-order valence-corrected chi connectivity index (χ2v) is 6.37. The van der Waals surface area contributed by atoms with Gasteiger partial charge in [0.2, 0.25) is 0 Å². The van der Waals surface area contributed by atoms with Crippen molar-refractivity contribution in [3.05, 3.63) is 23.8 Å². The third-order valence-electron chi connectivity index (χ3n) is 3.71. The van der Waals surface area contributed by atoms with Crippen molar-refractivity contribution < 1.29 is 0 Å². The Balaban J connectivity index is 2.21. The molecular weight excluding hydrogens is 272 g/mol. The van der Waals surface area contributed by atoms with E-state index in [0.29, 0.717) is 11.0 Å². The number of hydrogen-bond acceptors (Lipinski definition) is 3. The van der Waals surface area contributed by atoms with Crippen LogP contribution in [-0.4, -0.2) is 17.3 Å². The first kappa shape index (κ1) is 14.7. The van der Waals surface area contributed by atoms with E-state index in [-0.39, 0.29) is 0 Å². The largest absolute Gasteiger partial charge is 0.389 e. The van der Waals surface area contributed by atoms with E-state index in [0.717, 1.165) is 16.1 Å². The molecule has 2 nitrogen and oxygen atoms in total. The number of nitrogens with one attached hydrogen (secondary N) is 1. The highest BCUT2D eigenvalue weighted by Gasteiger charge is 2.16. The van der Waals surface area contributed by atoms with Gasteiger partial charge in [-0.1, -0.05) is 44.0 Å². The van der Waals surface area contributed by atoms with Gasteiger partial charge in [-0.15, -0.1) is 11.8 Å². The van der Waals surface area contributed by atoms with E-state index in [2.05, 4.69) is 29.8 Å². The van der Waals surface area contributed by atoms with Crippen LogP contribution in [0.25, 0.3) is 0 Å². The van der Waals surface area contributed by atoms with Crippen LogP contribution in [0.3, 0.4) is 0 Å². The Morgan fingerprint density at radius 3 is 2.53 bits per heavy atom. The Bertz CT molecular complexity index is 438. The number of benzene rings is 1. The molecule has 0 bridgehead atoms. The Labute approximate surface area is 125 Å². The summed E-state index contributed by atoms with van der Waals surface area (Å²) in [4.78, 5) is 1.65. The summed E-state index contributed by atoms with van der Waals surface area (Å²) < 4.78 is 0. The summed E-state index contributed by atoms with van der Waals surface area (Å²) in [6, 6.07) is 6.82. The molecule has 0 unspecified atom stereocenters. The van der Waals surface area contributed by atoms with Gasteiger partial charge in [-0.25, -0.2) is 0 Å². The fourth-order valence-electron chi connectivity index (χ4n) is 2.72. The number of anilines is 1. The third kappa shape index (κ3) is 3.86. The molecule has 104 valence electrons. The zero-order chi connectivity index (χ0) is 13.7. The standard InChI is InChI=1S/C15H22N2S2/c1-19-13-10-6-9-12(14(13)15(16)18)17-11-7-4-2-3-5-8-11/h6,9-11,17H,2-5,7-8H2,1H3,(H2,16,18). The van der Waals surface area contributed by atoms with Gasteiger partial charge >= 0.3 is 0 Å². The fraction of sp³-hybridized carbons (Fsp3) is 0.533. The normalized spacial score (nSPS) is 16.9.